The van der Waals surface area contributed by atoms with Gasteiger partial charge in [-0.15, -0.1) is 6.58 Å². The highest BCUT2D eigenvalue weighted by atomic mass is 16.6. The molecule has 0 bridgehead atoms. The van der Waals surface area contributed by atoms with Crippen LogP contribution in [0.15, 0.2) is 36.9 Å². The van der Waals surface area contributed by atoms with Crippen molar-refractivity contribution in [2.45, 2.75) is 18.9 Å². The molecule has 0 aromatic heterocycles. The second-order valence-corrected chi connectivity index (χ2v) is 4.27. The van der Waals surface area contributed by atoms with E-state index < -0.39 is 6.04 Å². The molecular weight excluding hydrogens is 216 g/mol. The molecule has 4 heteroatoms. The first kappa shape index (κ1) is 13.2. The lowest BCUT2D eigenvalue weighted by Gasteiger charge is -2.17. The van der Waals surface area contributed by atoms with Gasteiger partial charge in [0, 0.05) is 31.6 Å². The Morgan fingerprint density at radius 1 is 1.35 bits per heavy atom. The van der Waals surface area contributed by atoms with E-state index >= 15 is 0 Å². The maximum Gasteiger partial charge on any atom is 0.220 e. The normalized spacial score (nSPS) is 13.8. The molecule has 0 aliphatic heterocycles. The van der Waals surface area contributed by atoms with Crippen LogP contribution in [0.3, 0.4) is 0 Å². The van der Waals surface area contributed by atoms with Crippen molar-refractivity contribution in [1.29, 1.82) is 0 Å². The van der Waals surface area contributed by atoms with Crippen LogP contribution in [0.5, 0.6) is 0 Å². The van der Waals surface area contributed by atoms with Gasteiger partial charge in [-0.3, -0.25) is 10.1 Å². The first-order valence-electron chi connectivity index (χ1n) is 5.50. The highest BCUT2D eigenvalue weighted by Crippen LogP contribution is 2.24. The molecule has 0 amide bonds. The predicted molar refractivity (Wildman–Crippen MR) is 70.2 cm³/mol. The fraction of sp³-hybridized carbons (Fsp3) is 0.385. The molecular formula is C13H18N2O2. The summed E-state index contributed by atoms with van der Waals surface area (Å²) >= 11 is 0. The van der Waals surface area contributed by atoms with Gasteiger partial charge in [0.1, 0.15) is 0 Å². The van der Waals surface area contributed by atoms with Crippen LogP contribution < -0.4 is 4.90 Å². The monoisotopic (exact) mass is 234 g/mol. The fourth-order valence-corrected chi connectivity index (χ4v) is 1.74. The molecule has 2 unspecified atom stereocenters. The van der Waals surface area contributed by atoms with E-state index in [2.05, 4.69) is 6.58 Å². The van der Waals surface area contributed by atoms with Crippen LogP contribution in [0.1, 0.15) is 18.4 Å². The second-order valence-electron chi connectivity index (χ2n) is 4.27. The van der Waals surface area contributed by atoms with Crippen LogP contribution in [-0.4, -0.2) is 25.1 Å². The fourth-order valence-electron chi connectivity index (χ4n) is 1.74. The van der Waals surface area contributed by atoms with E-state index in [1.165, 1.54) is 0 Å². The zero-order valence-electron chi connectivity index (χ0n) is 10.5. The highest BCUT2D eigenvalue weighted by molar-refractivity contribution is 5.47. The summed E-state index contributed by atoms with van der Waals surface area (Å²) in [5.74, 6) is -0.249. The van der Waals surface area contributed by atoms with Gasteiger partial charge < -0.3 is 4.90 Å². The van der Waals surface area contributed by atoms with Gasteiger partial charge in [-0.1, -0.05) is 18.2 Å². The van der Waals surface area contributed by atoms with Gasteiger partial charge in [0.25, 0.3) is 0 Å². The van der Waals surface area contributed by atoms with Gasteiger partial charge in [-0.25, -0.2) is 0 Å². The quantitative estimate of drug-likeness (QED) is 0.447. The van der Waals surface area contributed by atoms with Gasteiger partial charge in [0.05, 0.1) is 5.92 Å². The summed E-state index contributed by atoms with van der Waals surface area (Å²) in [5, 5.41) is 10.8. The molecule has 17 heavy (non-hydrogen) atoms. The van der Waals surface area contributed by atoms with Gasteiger partial charge in [0.2, 0.25) is 6.04 Å². The number of rotatable bonds is 5. The lowest BCUT2D eigenvalue weighted by atomic mass is 9.93. The Bertz CT molecular complexity index is 398. The smallest absolute Gasteiger partial charge is 0.220 e. The van der Waals surface area contributed by atoms with Crippen molar-refractivity contribution >= 4 is 5.69 Å². The van der Waals surface area contributed by atoms with Crippen molar-refractivity contribution < 1.29 is 4.92 Å². The number of nitrogens with zero attached hydrogens (tertiary/aromatic N) is 2. The van der Waals surface area contributed by atoms with Crippen LogP contribution in [0.4, 0.5) is 5.69 Å². The molecule has 0 heterocycles. The van der Waals surface area contributed by atoms with Gasteiger partial charge in [-0.2, -0.15) is 0 Å². The molecule has 1 rings (SSSR count). The topological polar surface area (TPSA) is 46.4 Å². The third-order valence-electron chi connectivity index (χ3n) is 2.90. The average Bonchev–Trinajstić information content (AvgIpc) is 2.30. The van der Waals surface area contributed by atoms with Crippen LogP contribution in [-0.2, 0) is 0 Å². The van der Waals surface area contributed by atoms with E-state index in [4.69, 9.17) is 0 Å². The number of benzene rings is 1. The summed E-state index contributed by atoms with van der Waals surface area (Å²) in [6, 6.07) is 7.10. The Labute approximate surface area is 102 Å². The Morgan fingerprint density at radius 2 is 1.88 bits per heavy atom. The van der Waals surface area contributed by atoms with E-state index in [-0.39, 0.29) is 10.8 Å². The standard InChI is InChI=1S/C13H18N2O2/c1-5-13(10(2)15(16)17)11-6-8-12(9-7-11)14(3)4/h5-10,13H,1H2,2-4H3. The van der Waals surface area contributed by atoms with E-state index in [1.54, 1.807) is 13.0 Å². The summed E-state index contributed by atoms with van der Waals surface area (Å²) < 4.78 is 0. The molecule has 0 fully saturated rings. The Hall–Kier alpha value is -1.84. The Balaban J connectivity index is 2.97. The summed E-state index contributed by atoms with van der Waals surface area (Å²) in [5.41, 5.74) is 2.00. The third kappa shape index (κ3) is 3.06. The molecule has 2 atom stereocenters. The van der Waals surface area contributed by atoms with Crippen LogP contribution in [0, 0.1) is 10.1 Å². The molecule has 4 nitrogen and oxygen atoms in total. The van der Waals surface area contributed by atoms with Crippen molar-refractivity contribution in [3.8, 4) is 0 Å². The molecule has 0 saturated heterocycles. The molecule has 0 N–H and O–H groups in total. The van der Waals surface area contributed by atoms with Gasteiger partial charge in [-0.05, 0) is 17.7 Å². The lowest BCUT2D eigenvalue weighted by molar-refractivity contribution is -0.520. The average molecular weight is 234 g/mol. The number of nitro groups is 1. The summed E-state index contributed by atoms with van der Waals surface area (Å²) in [6.07, 6.45) is 1.64. The summed E-state index contributed by atoms with van der Waals surface area (Å²) in [7, 11) is 3.92. The molecule has 1 aromatic rings. The van der Waals surface area contributed by atoms with E-state index in [0.717, 1.165) is 11.3 Å². The predicted octanol–water partition coefficient (Wildman–Crippen LogP) is 2.69. The number of hydrogen-bond acceptors (Lipinski definition) is 3. The zero-order chi connectivity index (χ0) is 13.0. The van der Waals surface area contributed by atoms with Crippen LogP contribution >= 0.6 is 0 Å². The van der Waals surface area contributed by atoms with E-state index in [0.29, 0.717) is 0 Å². The van der Waals surface area contributed by atoms with Gasteiger partial charge in [0.15, 0.2) is 0 Å². The van der Waals surface area contributed by atoms with Gasteiger partial charge >= 0.3 is 0 Å². The molecule has 92 valence electrons. The minimum absolute atomic E-state index is 0.249. The Kier molecular flexibility index (Phi) is 4.26. The lowest BCUT2D eigenvalue weighted by Crippen LogP contribution is -2.22. The van der Waals surface area contributed by atoms with Crippen molar-refractivity contribution in [3.63, 3.8) is 0 Å². The maximum absolute atomic E-state index is 10.8. The Morgan fingerprint density at radius 3 is 2.24 bits per heavy atom. The molecule has 0 aliphatic carbocycles. The summed E-state index contributed by atoms with van der Waals surface area (Å²) in [4.78, 5) is 12.5. The number of hydrogen-bond donors (Lipinski definition) is 0. The molecule has 0 saturated carbocycles. The minimum atomic E-state index is -0.655. The highest BCUT2D eigenvalue weighted by Gasteiger charge is 2.25. The minimum Gasteiger partial charge on any atom is -0.378 e. The van der Waals surface area contributed by atoms with Crippen LogP contribution in [0.25, 0.3) is 0 Å². The zero-order valence-corrected chi connectivity index (χ0v) is 10.5. The van der Waals surface area contributed by atoms with Crippen LogP contribution in [0.2, 0.25) is 0 Å². The van der Waals surface area contributed by atoms with Crippen molar-refractivity contribution in [2.24, 2.45) is 0 Å². The third-order valence-corrected chi connectivity index (χ3v) is 2.90. The largest absolute Gasteiger partial charge is 0.378 e. The van der Waals surface area contributed by atoms with E-state index in [1.807, 2.05) is 43.3 Å². The maximum atomic E-state index is 10.8. The van der Waals surface area contributed by atoms with Crippen molar-refractivity contribution in [1.82, 2.24) is 0 Å². The molecule has 0 radical (unpaired) electrons. The summed E-state index contributed by atoms with van der Waals surface area (Å²) in [6.45, 7) is 5.29. The number of anilines is 1. The van der Waals surface area contributed by atoms with Crippen molar-refractivity contribution in [2.75, 3.05) is 19.0 Å². The first-order chi connectivity index (χ1) is 7.97. The molecule has 0 aliphatic rings. The molecule has 1 aromatic carbocycles. The molecule has 0 spiro atoms. The SMILES string of the molecule is C=CC(c1ccc(N(C)C)cc1)C(C)[N+](=O)[O-]. The first-order valence-corrected chi connectivity index (χ1v) is 5.50. The van der Waals surface area contributed by atoms with E-state index in [9.17, 15) is 10.1 Å². The van der Waals surface area contributed by atoms with Crippen molar-refractivity contribution in [3.05, 3.63) is 52.6 Å². The second kappa shape index (κ2) is 5.48.